The summed E-state index contributed by atoms with van der Waals surface area (Å²) in [6, 6.07) is 0. The smallest absolute Gasteiger partial charge is 0.158 e. The van der Waals surface area contributed by atoms with Gasteiger partial charge in [0.05, 0.1) is 11.1 Å². The van der Waals surface area contributed by atoms with Gasteiger partial charge in [-0.3, -0.25) is 4.68 Å². The van der Waals surface area contributed by atoms with E-state index < -0.39 is 0 Å². The van der Waals surface area contributed by atoms with Gasteiger partial charge < -0.3 is 4.57 Å². The maximum atomic E-state index is 6.31. The molecule has 2 heterocycles. The molecule has 118 valence electrons. The van der Waals surface area contributed by atoms with Crippen molar-refractivity contribution in [1.82, 2.24) is 19.3 Å². The van der Waals surface area contributed by atoms with Crippen LogP contribution < -0.4 is 0 Å². The van der Waals surface area contributed by atoms with Gasteiger partial charge in [0.15, 0.2) is 5.65 Å². The number of fused-ring (bicyclic) bond motifs is 1. The highest BCUT2D eigenvalue weighted by Gasteiger charge is 2.19. The minimum Gasteiger partial charge on any atom is -0.312 e. The van der Waals surface area contributed by atoms with E-state index in [-0.39, 0.29) is 5.38 Å². The Morgan fingerprint density at radius 1 is 1.24 bits per heavy atom. The predicted molar refractivity (Wildman–Crippen MR) is 92.4 cm³/mol. The molecule has 1 atom stereocenters. The van der Waals surface area contributed by atoms with Gasteiger partial charge in [-0.2, -0.15) is 16.9 Å². The van der Waals surface area contributed by atoms with Crippen molar-refractivity contribution in [1.29, 1.82) is 0 Å². The Morgan fingerprint density at radius 3 is 2.62 bits per heavy atom. The van der Waals surface area contributed by atoms with Crippen LogP contribution in [0.3, 0.4) is 0 Å². The van der Waals surface area contributed by atoms with Gasteiger partial charge in [-0.1, -0.05) is 12.8 Å². The molecule has 0 N–H and O–H groups in total. The fourth-order valence-electron chi connectivity index (χ4n) is 2.75. The largest absolute Gasteiger partial charge is 0.312 e. The summed E-state index contributed by atoms with van der Waals surface area (Å²) in [5.74, 6) is 2.23. The summed E-state index contributed by atoms with van der Waals surface area (Å²) in [7, 11) is 1.98. The van der Waals surface area contributed by atoms with Crippen molar-refractivity contribution in [2.75, 3.05) is 12.0 Å². The first kappa shape index (κ1) is 16.7. The lowest BCUT2D eigenvalue weighted by molar-refractivity contribution is 0.564. The van der Waals surface area contributed by atoms with E-state index in [1.807, 2.05) is 37.3 Å². The molecule has 2 aromatic heterocycles. The first-order valence-corrected chi connectivity index (χ1v) is 9.42. The van der Waals surface area contributed by atoms with Gasteiger partial charge >= 0.3 is 0 Å². The lowest BCUT2D eigenvalue weighted by atomic mass is 10.2. The van der Waals surface area contributed by atoms with Gasteiger partial charge in [-0.15, -0.1) is 11.6 Å². The number of rotatable bonds is 8. The number of thioether (sulfide) groups is 1. The van der Waals surface area contributed by atoms with Gasteiger partial charge in [0.1, 0.15) is 11.3 Å². The monoisotopic (exact) mass is 328 g/mol. The summed E-state index contributed by atoms with van der Waals surface area (Å²) >= 11 is 8.23. The maximum absolute atomic E-state index is 6.31. The van der Waals surface area contributed by atoms with E-state index >= 15 is 0 Å². The molecule has 0 aromatic carbocycles. The highest BCUT2D eigenvalue weighted by atomic mass is 35.5. The molecule has 0 amide bonds. The third-order valence-corrected chi connectivity index (χ3v) is 4.65. The number of alkyl halides is 1. The first-order valence-electron chi connectivity index (χ1n) is 7.59. The molecule has 2 rings (SSSR count). The molecule has 0 radical (unpaired) electrons. The average Bonchev–Trinajstić information content (AvgIpc) is 2.94. The van der Waals surface area contributed by atoms with Gasteiger partial charge in [-0.25, -0.2) is 4.98 Å². The molecule has 1 unspecified atom stereocenters. The Hall–Kier alpha value is -0.680. The molecule has 0 aliphatic carbocycles. The molecule has 0 aliphatic heterocycles. The second kappa shape index (κ2) is 7.54. The van der Waals surface area contributed by atoms with E-state index in [0.717, 1.165) is 29.2 Å². The highest BCUT2D eigenvalue weighted by molar-refractivity contribution is 7.98. The molecule has 0 saturated heterocycles. The highest BCUT2D eigenvalue weighted by Crippen LogP contribution is 2.26. The molecule has 2 aromatic rings. The minimum atomic E-state index is -0.0757. The molecule has 4 nitrogen and oxygen atoms in total. The lowest BCUT2D eigenvalue weighted by Gasteiger charge is -2.11. The Bertz CT molecular complexity index is 588. The van der Waals surface area contributed by atoms with Gasteiger partial charge in [-0.05, 0) is 38.7 Å². The van der Waals surface area contributed by atoms with Crippen LogP contribution in [0, 0.1) is 6.92 Å². The third-order valence-electron chi connectivity index (χ3n) is 3.76. The zero-order chi connectivity index (χ0) is 15.4. The van der Waals surface area contributed by atoms with Crippen LogP contribution in [0.1, 0.15) is 49.5 Å². The van der Waals surface area contributed by atoms with Crippen molar-refractivity contribution in [2.45, 2.75) is 51.5 Å². The molecule has 0 spiro atoms. The lowest BCUT2D eigenvalue weighted by Crippen LogP contribution is -2.08. The summed E-state index contributed by atoms with van der Waals surface area (Å²) < 4.78 is 4.18. The van der Waals surface area contributed by atoms with Crippen molar-refractivity contribution in [3.05, 3.63) is 11.5 Å². The minimum absolute atomic E-state index is 0.0757. The van der Waals surface area contributed by atoms with Crippen LogP contribution in [0.4, 0.5) is 0 Å². The third kappa shape index (κ3) is 3.75. The van der Waals surface area contributed by atoms with E-state index in [1.165, 1.54) is 31.4 Å². The molecule has 0 aliphatic rings. The fourth-order valence-corrected chi connectivity index (χ4v) is 3.41. The fraction of sp³-hybridized carbons (Fsp3) is 0.733. The average molecular weight is 329 g/mol. The molecular formula is C15H25ClN4S. The van der Waals surface area contributed by atoms with Crippen molar-refractivity contribution in [2.24, 2.45) is 7.05 Å². The van der Waals surface area contributed by atoms with E-state index in [9.17, 15) is 0 Å². The number of unbranched alkanes of at least 4 members (excludes halogenated alkanes) is 3. The van der Waals surface area contributed by atoms with Gasteiger partial charge in [0, 0.05) is 13.6 Å². The number of aromatic nitrogens is 4. The molecule has 0 saturated carbocycles. The van der Waals surface area contributed by atoms with Gasteiger partial charge in [0.2, 0.25) is 0 Å². The Morgan fingerprint density at radius 2 is 1.95 bits per heavy atom. The SMILES string of the molecule is CSCCCCCCn1c(C(C)Cl)nc2c(C)nn(C)c21. The van der Waals surface area contributed by atoms with E-state index in [0.29, 0.717) is 0 Å². The van der Waals surface area contributed by atoms with Crippen molar-refractivity contribution < 1.29 is 0 Å². The zero-order valence-electron chi connectivity index (χ0n) is 13.4. The van der Waals surface area contributed by atoms with E-state index in [2.05, 4.69) is 15.9 Å². The quantitative estimate of drug-likeness (QED) is 0.535. The standard InChI is InChI=1S/C15H25ClN4S/c1-11(16)14-17-13-12(2)18-19(3)15(13)20(14)9-7-5-6-8-10-21-4/h11H,5-10H2,1-4H3. The molecule has 0 bridgehead atoms. The molecular weight excluding hydrogens is 304 g/mol. The molecule has 6 heteroatoms. The van der Waals surface area contributed by atoms with Crippen molar-refractivity contribution >= 4 is 34.5 Å². The van der Waals surface area contributed by atoms with Crippen LogP contribution in [-0.4, -0.2) is 31.3 Å². The molecule has 21 heavy (non-hydrogen) atoms. The maximum Gasteiger partial charge on any atom is 0.158 e. The van der Waals surface area contributed by atoms with Crippen LogP contribution in [-0.2, 0) is 13.6 Å². The zero-order valence-corrected chi connectivity index (χ0v) is 15.0. The Balaban J connectivity index is 2.11. The number of hydrogen-bond acceptors (Lipinski definition) is 3. The number of nitrogens with zero attached hydrogens (tertiary/aromatic N) is 4. The number of hydrogen-bond donors (Lipinski definition) is 0. The van der Waals surface area contributed by atoms with Crippen LogP contribution >= 0.6 is 23.4 Å². The van der Waals surface area contributed by atoms with E-state index in [1.54, 1.807) is 0 Å². The van der Waals surface area contributed by atoms with Gasteiger partial charge in [0.25, 0.3) is 0 Å². The summed E-state index contributed by atoms with van der Waals surface area (Å²) in [6.07, 6.45) is 7.20. The van der Waals surface area contributed by atoms with E-state index in [4.69, 9.17) is 16.6 Å². The Kier molecular flexibility index (Phi) is 5.99. The normalized spacial score (nSPS) is 13.2. The second-order valence-corrected chi connectivity index (χ2v) is 7.17. The first-order chi connectivity index (χ1) is 10.1. The number of aryl methyl sites for hydroxylation is 3. The number of imidazole rings is 1. The van der Waals surface area contributed by atoms with Crippen LogP contribution in [0.2, 0.25) is 0 Å². The van der Waals surface area contributed by atoms with Crippen molar-refractivity contribution in [3.8, 4) is 0 Å². The summed E-state index contributed by atoms with van der Waals surface area (Å²) in [5.41, 5.74) is 3.06. The number of halogens is 1. The Labute approximate surface area is 136 Å². The molecule has 0 fully saturated rings. The van der Waals surface area contributed by atoms with Crippen LogP contribution in [0.5, 0.6) is 0 Å². The van der Waals surface area contributed by atoms with Crippen LogP contribution in [0.25, 0.3) is 11.2 Å². The second-order valence-electron chi connectivity index (χ2n) is 5.53. The van der Waals surface area contributed by atoms with Crippen molar-refractivity contribution in [3.63, 3.8) is 0 Å². The summed E-state index contributed by atoms with van der Waals surface area (Å²) in [6.45, 7) is 4.96. The predicted octanol–water partition coefficient (Wildman–Crippen LogP) is 4.30. The topological polar surface area (TPSA) is 35.6 Å². The summed E-state index contributed by atoms with van der Waals surface area (Å²) in [4.78, 5) is 4.71. The van der Waals surface area contributed by atoms with Crippen LogP contribution in [0.15, 0.2) is 0 Å². The summed E-state index contributed by atoms with van der Waals surface area (Å²) in [5, 5.41) is 4.39.